The van der Waals surface area contributed by atoms with Gasteiger partial charge in [0.15, 0.2) is 5.65 Å². The molecule has 3 heterocycles. The summed E-state index contributed by atoms with van der Waals surface area (Å²) in [5.74, 6) is -0.992. The first kappa shape index (κ1) is 11.9. The molecule has 1 unspecified atom stereocenters. The van der Waals surface area contributed by atoms with E-state index >= 15 is 0 Å². The minimum atomic E-state index is -0.992. The van der Waals surface area contributed by atoms with Gasteiger partial charge in [0.05, 0.1) is 0 Å². The number of aromatic nitrogens is 3. The third-order valence-electron chi connectivity index (χ3n) is 3.09. The Labute approximate surface area is 109 Å². The monoisotopic (exact) mass is 259 g/mol. The van der Waals surface area contributed by atoms with Gasteiger partial charge in [-0.3, -0.25) is 0 Å². The fourth-order valence-electron chi connectivity index (χ4n) is 2.27. The summed E-state index contributed by atoms with van der Waals surface area (Å²) in [5.41, 5.74) is 2.12. The molecule has 1 N–H and O–H groups in total. The van der Waals surface area contributed by atoms with Crippen LogP contribution in [-0.2, 0) is 9.53 Å². The van der Waals surface area contributed by atoms with Crippen LogP contribution in [0.4, 0.5) is 0 Å². The molecule has 0 saturated carbocycles. The molecule has 6 nitrogen and oxygen atoms in total. The van der Waals surface area contributed by atoms with E-state index in [2.05, 4.69) is 10.1 Å². The minimum Gasteiger partial charge on any atom is -0.478 e. The number of rotatable bonds is 3. The van der Waals surface area contributed by atoms with E-state index in [4.69, 9.17) is 9.84 Å². The highest BCUT2D eigenvalue weighted by atomic mass is 16.5. The average Bonchev–Trinajstić information content (AvgIpc) is 3.03. The van der Waals surface area contributed by atoms with Crippen LogP contribution in [0.1, 0.15) is 30.2 Å². The maximum absolute atomic E-state index is 10.7. The molecule has 6 heteroatoms. The average molecular weight is 259 g/mol. The Hall–Kier alpha value is -2.21. The Morgan fingerprint density at radius 1 is 1.58 bits per heavy atom. The summed E-state index contributed by atoms with van der Waals surface area (Å²) in [4.78, 5) is 14.9. The second-order valence-corrected chi connectivity index (χ2v) is 4.36. The summed E-state index contributed by atoms with van der Waals surface area (Å²) in [5, 5.41) is 13.2. The highest BCUT2D eigenvalue weighted by Crippen LogP contribution is 2.31. The zero-order chi connectivity index (χ0) is 13.2. The molecule has 0 bridgehead atoms. The van der Waals surface area contributed by atoms with Gasteiger partial charge >= 0.3 is 5.97 Å². The molecule has 3 rings (SSSR count). The molecule has 2 aromatic heterocycles. The largest absolute Gasteiger partial charge is 0.478 e. The van der Waals surface area contributed by atoms with E-state index in [-0.39, 0.29) is 6.10 Å². The van der Waals surface area contributed by atoms with Gasteiger partial charge in [0, 0.05) is 30.6 Å². The number of nitrogens with zero attached hydrogens (tertiary/aromatic N) is 3. The van der Waals surface area contributed by atoms with Crippen molar-refractivity contribution in [2.24, 2.45) is 0 Å². The molecule has 98 valence electrons. The third-order valence-corrected chi connectivity index (χ3v) is 3.09. The van der Waals surface area contributed by atoms with E-state index in [0.717, 1.165) is 30.2 Å². The zero-order valence-corrected chi connectivity index (χ0v) is 10.2. The third kappa shape index (κ3) is 2.22. The summed E-state index contributed by atoms with van der Waals surface area (Å²) >= 11 is 0. The topological polar surface area (TPSA) is 76.7 Å². The Balaban J connectivity index is 2.13. The lowest BCUT2D eigenvalue weighted by Gasteiger charge is -2.06. The van der Waals surface area contributed by atoms with Crippen LogP contribution in [-0.4, -0.2) is 32.3 Å². The van der Waals surface area contributed by atoms with Crippen molar-refractivity contribution in [1.29, 1.82) is 0 Å². The van der Waals surface area contributed by atoms with E-state index in [9.17, 15) is 4.79 Å². The summed E-state index contributed by atoms with van der Waals surface area (Å²) in [6.07, 6.45) is 7.91. The van der Waals surface area contributed by atoms with Gasteiger partial charge in [-0.15, -0.1) is 0 Å². The molecule has 0 spiro atoms. The van der Waals surface area contributed by atoms with Crippen molar-refractivity contribution in [2.75, 3.05) is 6.61 Å². The quantitative estimate of drug-likeness (QED) is 0.848. The molecule has 0 radical (unpaired) electrons. The highest BCUT2D eigenvalue weighted by molar-refractivity contribution is 5.87. The van der Waals surface area contributed by atoms with Crippen LogP contribution in [0.3, 0.4) is 0 Å². The second kappa shape index (κ2) is 4.81. The SMILES string of the molecule is O=C(O)/C=C/c1c(C2CCCO2)nn2cccnc12. The van der Waals surface area contributed by atoms with Crippen molar-refractivity contribution in [1.82, 2.24) is 14.6 Å². The van der Waals surface area contributed by atoms with Gasteiger partial charge in [-0.05, 0) is 25.0 Å². The minimum absolute atomic E-state index is 0.0739. The molecule has 1 saturated heterocycles. The van der Waals surface area contributed by atoms with Gasteiger partial charge in [0.1, 0.15) is 11.8 Å². The number of carbonyl (C=O) groups is 1. The molecule has 1 atom stereocenters. The fourth-order valence-corrected chi connectivity index (χ4v) is 2.27. The molecule has 1 aliphatic rings. The first-order chi connectivity index (χ1) is 9.25. The van der Waals surface area contributed by atoms with Crippen molar-refractivity contribution in [3.8, 4) is 0 Å². The first-order valence-electron chi connectivity index (χ1n) is 6.11. The highest BCUT2D eigenvalue weighted by Gasteiger charge is 2.24. The normalized spacial score (nSPS) is 19.5. The number of carboxylic acid groups (broad SMARTS) is 1. The number of hydrogen-bond donors (Lipinski definition) is 1. The van der Waals surface area contributed by atoms with Crippen LogP contribution in [0.2, 0.25) is 0 Å². The van der Waals surface area contributed by atoms with E-state index < -0.39 is 5.97 Å². The summed E-state index contributed by atoms with van der Waals surface area (Å²) in [6.45, 7) is 0.716. The van der Waals surface area contributed by atoms with Crippen LogP contribution in [0.5, 0.6) is 0 Å². The lowest BCUT2D eigenvalue weighted by atomic mass is 10.1. The Bertz CT molecular complexity index is 642. The van der Waals surface area contributed by atoms with Gasteiger partial charge in [-0.25, -0.2) is 14.3 Å². The van der Waals surface area contributed by atoms with Crippen molar-refractivity contribution in [3.05, 3.63) is 35.8 Å². The van der Waals surface area contributed by atoms with E-state index in [1.807, 2.05) is 0 Å². The Kier molecular flexibility index (Phi) is 3.00. The van der Waals surface area contributed by atoms with Crippen molar-refractivity contribution >= 4 is 17.7 Å². The molecule has 19 heavy (non-hydrogen) atoms. The summed E-state index contributed by atoms with van der Waals surface area (Å²) < 4.78 is 7.28. The number of fused-ring (bicyclic) bond motifs is 1. The number of ether oxygens (including phenoxy) is 1. The smallest absolute Gasteiger partial charge is 0.328 e. The molecule has 1 fully saturated rings. The van der Waals surface area contributed by atoms with Gasteiger partial charge in [0.2, 0.25) is 0 Å². The predicted molar refractivity (Wildman–Crippen MR) is 67.6 cm³/mol. The van der Waals surface area contributed by atoms with Crippen molar-refractivity contribution in [3.63, 3.8) is 0 Å². The maximum Gasteiger partial charge on any atom is 0.328 e. The van der Waals surface area contributed by atoms with Crippen molar-refractivity contribution in [2.45, 2.75) is 18.9 Å². The van der Waals surface area contributed by atoms with Gasteiger partial charge in [-0.1, -0.05) is 0 Å². The maximum atomic E-state index is 10.7. The van der Waals surface area contributed by atoms with E-state index in [1.165, 1.54) is 6.08 Å². The van der Waals surface area contributed by atoms with Crippen LogP contribution in [0.15, 0.2) is 24.5 Å². The first-order valence-corrected chi connectivity index (χ1v) is 6.11. The number of hydrogen-bond acceptors (Lipinski definition) is 4. The second-order valence-electron chi connectivity index (χ2n) is 4.36. The standard InChI is InChI=1S/C13H13N3O3/c17-11(18)5-4-9-12(10-3-1-8-19-10)15-16-7-2-6-14-13(9)16/h2,4-7,10H,1,3,8H2,(H,17,18)/b5-4+. The number of carboxylic acids is 1. The molecular formula is C13H13N3O3. The van der Waals surface area contributed by atoms with Gasteiger partial charge < -0.3 is 9.84 Å². The van der Waals surface area contributed by atoms with Crippen LogP contribution < -0.4 is 0 Å². The molecule has 0 amide bonds. The van der Waals surface area contributed by atoms with Gasteiger partial charge in [0.25, 0.3) is 0 Å². The lowest BCUT2D eigenvalue weighted by Crippen LogP contribution is -1.99. The van der Waals surface area contributed by atoms with Crippen LogP contribution in [0, 0.1) is 0 Å². The Morgan fingerprint density at radius 3 is 3.21 bits per heavy atom. The summed E-state index contributed by atoms with van der Waals surface area (Å²) in [7, 11) is 0. The molecule has 0 aromatic carbocycles. The fraction of sp³-hybridized carbons (Fsp3) is 0.308. The van der Waals surface area contributed by atoms with Crippen molar-refractivity contribution < 1.29 is 14.6 Å². The molecular weight excluding hydrogens is 246 g/mol. The molecule has 2 aromatic rings. The molecule has 1 aliphatic heterocycles. The van der Waals surface area contributed by atoms with Crippen LogP contribution in [0.25, 0.3) is 11.7 Å². The summed E-state index contributed by atoms with van der Waals surface area (Å²) in [6, 6.07) is 1.78. The molecule has 0 aliphatic carbocycles. The van der Waals surface area contributed by atoms with Crippen LogP contribution >= 0.6 is 0 Å². The van der Waals surface area contributed by atoms with Gasteiger partial charge in [-0.2, -0.15) is 5.10 Å². The van der Waals surface area contributed by atoms with E-state index in [1.54, 1.807) is 23.0 Å². The Morgan fingerprint density at radius 2 is 2.47 bits per heavy atom. The predicted octanol–water partition coefficient (Wildman–Crippen LogP) is 1.68. The lowest BCUT2D eigenvalue weighted by molar-refractivity contribution is -0.131. The van der Waals surface area contributed by atoms with E-state index in [0.29, 0.717) is 12.3 Å². The number of aliphatic carboxylic acids is 1. The zero-order valence-electron chi connectivity index (χ0n) is 10.2.